The smallest absolute Gasteiger partial charge is 0.0786 e. The van der Waals surface area contributed by atoms with E-state index in [0.717, 1.165) is 0 Å². The Morgan fingerprint density at radius 2 is 0.762 bits per heavy atom. The molecule has 0 heterocycles. The van der Waals surface area contributed by atoms with E-state index in [4.69, 9.17) is 0 Å². The van der Waals surface area contributed by atoms with Crippen molar-refractivity contribution in [3.8, 4) is 0 Å². The number of halogens is 2. The van der Waals surface area contributed by atoms with Gasteiger partial charge in [0.15, 0.2) is 0 Å². The standard InChI is InChI=1S/C16H36N.CH5N.BrH.ClH/c1-5-9-13-17(14-10-6-2,15-11-7-3)16-12-8-4;1-2;;/h5-16H2,1-4H3;2H2,1H3;2*1H/q+1;;;/p-1. The molecule has 0 saturated carbocycles. The average Bonchev–Trinajstić information content (AvgIpc) is 2.48. The number of rotatable bonds is 12. The average molecular weight is 390 g/mol. The fraction of sp³-hybridized carbons (Fsp3) is 1.00. The lowest BCUT2D eigenvalue weighted by molar-refractivity contribution is -0.929. The first-order valence-corrected chi connectivity index (χ1v) is 8.67. The van der Waals surface area contributed by atoms with Crippen LogP contribution in [0.25, 0.3) is 0 Å². The Morgan fingerprint density at radius 1 is 0.571 bits per heavy atom. The van der Waals surface area contributed by atoms with E-state index < -0.39 is 0 Å². The van der Waals surface area contributed by atoms with E-state index in [-0.39, 0.29) is 29.4 Å². The molecule has 4 heteroatoms. The molecule has 0 atom stereocenters. The summed E-state index contributed by atoms with van der Waals surface area (Å²) in [6, 6.07) is 0. The van der Waals surface area contributed by atoms with Crippen molar-refractivity contribution in [3.05, 3.63) is 0 Å². The van der Waals surface area contributed by atoms with Gasteiger partial charge in [-0.05, 0) is 32.7 Å². The van der Waals surface area contributed by atoms with Crippen LogP contribution < -0.4 is 22.7 Å². The van der Waals surface area contributed by atoms with Crippen molar-refractivity contribution in [1.29, 1.82) is 0 Å². The SMILES string of the molecule is CCCC[N+](CCCC)(CCCC)CCCC.CN.Cl.[Br-]. The van der Waals surface area contributed by atoms with E-state index >= 15 is 0 Å². The largest absolute Gasteiger partial charge is 1.00 e. The minimum Gasteiger partial charge on any atom is -1.00 e. The van der Waals surface area contributed by atoms with Crippen LogP contribution in [0, 0.1) is 0 Å². The molecular formula is C17H42BrClN2. The number of quaternary nitrogens is 1. The maximum absolute atomic E-state index is 4.50. The van der Waals surface area contributed by atoms with E-state index in [0.29, 0.717) is 0 Å². The van der Waals surface area contributed by atoms with Crippen molar-refractivity contribution in [2.75, 3.05) is 33.2 Å². The van der Waals surface area contributed by atoms with Gasteiger partial charge in [-0.2, -0.15) is 0 Å². The van der Waals surface area contributed by atoms with Gasteiger partial charge in [-0.1, -0.05) is 53.4 Å². The molecule has 0 saturated heterocycles. The first-order valence-electron chi connectivity index (χ1n) is 8.67. The van der Waals surface area contributed by atoms with Crippen molar-refractivity contribution in [2.24, 2.45) is 5.73 Å². The van der Waals surface area contributed by atoms with Crippen molar-refractivity contribution in [3.63, 3.8) is 0 Å². The van der Waals surface area contributed by atoms with Gasteiger partial charge >= 0.3 is 0 Å². The van der Waals surface area contributed by atoms with Crippen LogP contribution >= 0.6 is 12.4 Å². The monoisotopic (exact) mass is 388 g/mol. The van der Waals surface area contributed by atoms with Crippen LogP contribution in [-0.2, 0) is 0 Å². The minimum atomic E-state index is 0. The number of hydrogen-bond donors (Lipinski definition) is 1. The van der Waals surface area contributed by atoms with Crippen molar-refractivity contribution in [2.45, 2.75) is 79.1 Å². The Hall–Kier alpha value is 0.690. The second-order valence-electron chi connectivity index (χ2n) is 5.65. The minimum absolute atomic E-state index is 0. The Bertz CT molecular complexity index is 131. The number of nitrogens with zero attached hydrogens (tertiary/aromatic N) is 1. The lowest BCUT2D eigenvalue weighted by Crippen LogP contribution is -3.00. The first kappa shape index (κ1) is 29.7. The topological polar surface area (TPSA) is 26.0 Å². The van der Waals surface area contributed by atoms with E-state index in [1.54, 1.807) is 0 Å². The molecule has 0 aliphatic heterocycles. The second-order valence-corrected chi connectivity index (χ2v) is 5.65. The molecule has 2 N–H and O–H groups in total. The zero-order valence-corrected chi connectivity index (χ0v) is 17.7. The van der Waals surface area contributed by atoms with Gasteiger partial charge in [-0.15, -0.1) is 12.4 Å². The summed E-state index contributed by atoms with van der Waals surface area (Å²) in [5.41, 5.74) is 4.50. The van der Waals surface area contributed by atoms with Gasteiger partial charge in [0.25, 0.3) is 0 Å². The number of unbranched alkanes of at least 4 members (excludes halogenated alkanes) is 4. The zero-order valence-electron chi connectivity index (χ0n) is 15.3. The van der Waals surface area contributed by atoms with E-state index in [9.17, 15) is 0 Å². The second kappa shape index (κ2) is 23.0. The molecule has 21 heavy (non-hydrogen) atoms. The lowest BCUT2D eigenvalue weighted by atomic mass is 10.1. The van der Waals surface area contributed by atoms with Gasteiger partial charge in [0.1, 0.15) is 0 Å². The lowest BCUT2D eigenvalue weighted by Gasteiger charge is -2.39. The summed E-state index contributed by atoms with van der Waals surface area (Å²) in [7, 11) is 1.50. The van der Waals surface area contributed by atoms with Crippen LogP contribution in [0.1, 0.15) is 79.1 Å². The summed E-state index contributed by atoms with van der Waals surface area (Å²) in [4.78, 5) is 0. The molecule has 0 bridgehead atoms. The van der Waals surface area contributed by atoms with Crippen LogP contribution in [0.15, 0.2) is 0 Å². The maximum atomic E-state index is 4.50. The predicted molar refractivity (Wildman–Crippen MR) is 96.7 cm³/mol. The quantitative estimate of drug-likeness (QED) is 0.508. The molecule has 0 spiro atoms. The number of hydrogen-bond acceptors (Lipinski definition) is 1. The van der Waals surface area contributed by atoms with E-state index in [1.165, 1.54) is 89.1 Å². The fourth-order valence-electron chi connectivity index (χ4n) is 2.64. The highest BCUT2D eigenvalue weighted by atomic mass is 79.9. The van der Waals surface area contributed by atoms with Gasteiger partial charge in [0.2, 0.25) is 0 Å². The molecule has 0 unspecified atom stereocenters. The Labute approximate surface area is 152 Å². The Morgan fingerprint density at radius 3 is 0.905 bits per heavy atom. The molecule has 134 valence electrons. The highest BCUT2D eigenvalue weighted by molar-refractivity contribution is 5.85. The van der Waals surface area contributed by atoms with Crippen LogP contribution in [0.2, 0.25) is 0 Å². The molecule has 0 aliphatic carbocycles. The highest BCUT2D eigenvalue weighted by Crippen LogP contribution is 2.16. The normalized spacial score (nSPS) is 10.0. The van der Waals surface area contributed by atoms with Crippen molar-refractivity contribution >= 4 is 12.4 Å². The summed E-state index contributed by atoms with van der Waals surface area (Å²) in [6.45, 7) is 15.0. The third-order valence-electron chi connectivity index (χ3n) is 3.94. The fourth-order valence-corrected chi connectivity index (χ4v) is 2.64. The van der Waals surface area contributed by atoms with Gasteiger partial charge in [0.05, 0.1) is 26.2 Å². The molecule has 0 radical (unpaired) electrons. The van der Waals surface area contributed by atoms with Gasteiger partial charge in [-0.3, -0.25) is 0 Å². The summed E-state index contributed by atoms with van der Waals surface area (Å²) in [5.74, 6) is 0. The van der Waals surface area contributed by atoms with Crippen LogP contribution in [0.5, 0.6) is 0 Å². The zero-order chi connectivity index (χ0) is 15.0. The molecule has 0 aromatic carbocycles. The molecular weight excluding hydrogens is 348 g/mol. The van der Waals surface area contributed by atoms with E-state index in [1.807, 2.05) is 0 Å². The van der Waals surface area contributed by atoms with Crippen LogP contribution in [-0.4, -0.2) is 37.7 Å². The van der Waals surface area contributed by atoms with Gasteiger partial charge in [-0.25, -0.2) is 0 Å². The van der Waals surface area contributed by atoms with Gasteiger partial charge in [0, 0.05) is 0 Å². The third kappa shape index (κ3) is 16.9. The van der Waals surface area contributed by atoms with Crippen LogP contribution in [0.4, 0.5) is 0 Å². The molecule has 0 fully saturated rings. The first-order chi connectivity index (χ1) is 9.24. The Balaban J connectivity index is -0.000000344. The van der Waals surface area contributed by atoms with Crippen LogP contribution in [0.3, 0.4) is 0 Å². The number of nitrogens with two attached hydrogens (primary N) is 1. The summed E-state index contributed by atoms with van der Waals surface area (Å²) in [6.07, 6.45) is 11.1. The third-order valence-corrected chi connectivity index (χ3v) is 3.94. The molecule has 0 rings (SSSR count). The molecule has 0 aliphatic rings. The highest BCUT2D eigenvalue weighted by Gasteiger charge is 2.24. The summed E-state index contributed by atoms with van der Waals surface area (Å²) >= 11 is 0. The molecule has 0 amide bonds. The summed E-state index contributed by atoms with van der Waals surface area (Å²) < 4.78 is 1.42. The van der Waals surface area contributed by atoms with E-state index in [2.05, 4.69) is 33.4 Å². The maximum Gasteiger partial charge on any atom is 0.0786 e. The predicted octanol–water partition coefficient (Wildman–Crippen LogP) is 2.00. The molecule has 2 nitrogen and oxygen atoms in total. The summed E-state index contributed by atoms with van der Waals surface area (Å²) in [5, 5.41) is 0. The molecule has 0 aromatic rings. The van der Waals surface area contributed by atoms with Gasteiger partial charge < -0.3 is 27.2 Å². The molecule has 0 aromatic heterocycles. The Kier molecular flexibility index (Phi) is 32.4. The van der Waals surface area contributed by atoms with Crippen molar-refractivity contribution < 1.29 is 21.5 Å². The van der Waals surface area contributed by atoms with Crippen molar-refractivity contribution in [1.82, 2.24) is 0 Å².